The molecule has 8 heteroatoms. The van der Waals surface area contributed by atoms with Gasteiger partial charge in [-0.3, -0.25) is 14.5 Å². The van der Waals surface area contributed by atoms with Crippen molar-refractivity contribution in [2.24, 2.45) is 0 Å². The third-order valence-electron chi connectivity index (χ3n) is 6.06. The van der Waals surface area contributed by atoms with Crippen molar-refractivity contribution in [2.75, 3.05) is 24.6 Å². The van der Waals surface area contributed by atoms with E-state index >= 15 is 0 Å². The molecular formula is C24H29FN4O3. The average molecular weight is 441 g/mol. The Labute approximate surface area is 187 Å². The average Bonchev–Trinajstić information content (AvgIpc) is 3.26. The summed E-state index contributed by atoms with van der Waals surface area (Å²) >= 11 is 0. The molecule has 0 bridgehead atoms. The zero-order chi connectivity index (χ0) is 22.8. The first-order valence-electron chi connectivity index (χ1n) is 11.1. The number of carbonyl (C=O) groups is 2. The molecule has 1 atom stereocenters. The van der Waals surface area contributed by atoms with Gasteiger partial charge in [-0.25, -0.2) is 14.4 Å². The molecule has 0 spiro atoms. The summed E-state index contributed by atoms with van der Waals surface area (Å²) in [5.41, 5.74) is 2.69. The number of hydrogen-bond donors (Lipinski definition) is 0. The van der Waals surface area contributed by atoms with Crippen LogP contribution in [0.4, 0.5) is 10.2 Å². The van der Waals surface area contributed by atoms with E-state index in [0.717, 1.165) is 23.2 Å². The lowest BCUT2D eigenvalue weighted by molar-refractivity contribution is -0.136. The fourth-order valence-electron chi connectivity index (χ4n) is 4.25. The highest BCUT2D eigenvalue weighted by Crippen LogP contribution is 2.33. The molecule has 0 aliphatic carbocycles. The van der Waals surface area contributed by atoms with E-state index in [1.807, 2.05) is 20.8 Å². The molecule has 0 unspecified atom stereocenters. The van der Waals surface area contributed by atoms with Crippen molar-refractivity contribution in [3.63, 3.8) is 0 Å². The van der Waals surface area contributed by atoms with Gasteiger partial charge in [0.05, 0.1) is 12.6 Å². The number of fused-ring (bicyclic) bond motifs is 1. The van der Waals surface area contributed by atoms with Gasteiger partial charge in [-0.05, 0) is 51.3 Å². The van der Waals surface area contributed by atoms with Crippen molar-refractivity contribution >= 4 is 17.6 Å². The molecule has 32 heavy (non-hydrogen) atoms. The molecule has 3 heterocycles. The number of anilines is 1. The van der Waals surface area contributed by atoms with E-state index in [-0.39, 0.29) is 36.3 Å². The number of likely N-dealkylation sites (tertiary alicyclic amines) is 1. The van der Waals surface area contributed by atoms with Crippen LogP contribution in [0.1, 0.15) is 55.3 Å². The second-order valence-corrected chi connectivity index (χ2v) is 8.76. The second kappa shape index (κ2) is 9.32. The Balaban J connectivity index is 1.55. The summed E-state index contributed by atoms with van der Waals surface area (Å²) in [6, 6.07) is 6.17. The molecule has 1 aromatic carbocycles. The number of halogens is 1. The van der Waals surface area contributed by atoms with Gasteiger partial charge >= 0.3 is 0 Å². The molecule has 2 aliphatic rings. The first-order valence-corrected chi connectivity index (χ1v) is 11.1. The van der Waals surface area contributed by atoms with Crippen molar-refractivity contribution in [1.82, 2.24) is 14.9 Å². The van der Waals surface area contributed by atoms with Gasteiger partial charge in [0.25, 0.3) is 0 Å². The second-order valence-electron chi connectivity index (χ2n) is 8.76. The lowest BCUT2D eigenvalue weighted by atomic mass is 10.0. The standard InChI is InChI=1S/C24H29FN4O3/c1-15(2)32-14-22(31)28-11-10-18(13-28)23-26-16(3)20-8-9-21(30)29(24(20)27-23)12-17-4-6-19(25)7-5-17/h4-7,15,18H,8-14H2,1-3H3/t18-/m0/s1. The third-order valence-corrected chi connectivity index (χ3v) is 6.06. The highest BCUT2D eigenvalue weighted by molar-refractivity contribution is 5.95. The molecule has 4 rings (SSSR count). The van der Waals surface area contributed by atoms with Crippen molar-refractivity contribution in [2.45, 2.75) is 58.6 Å². The smallest absolute Gasteiger partial charge is 0.248 e. The lowest BCUT2D eigenvalue weighted by Gasteiger charge is -2.30. The predicted octanol–water partition coefficient (Wildman–Crippen LogP) is 3.14. The predicted molar refractivity (Wildman–Crippen MR) is 118 cm³/mol. The van der Waals surface area contributed by atoms with E-state index in [2.05, 4.69) is 0 Å². The number of nitrogens with zero attached hydrogens (tertiary/aromatic N) is 4. The molecule has 1 fully saturated rings. The molecule has 2 aliphatic heterocycles. The number of carbonyl (C=O) groups excluding carboxylic acids is 2. The first kappa shape index (κ1) is 22.3. The van der Waals surface area contributed by atoms with Crippen LogP contribution in [0.3, 0.4) is 0 Å². The van der Waals surface area contributed by atoms with Crippen LogP contribution >= 0.6 is 0 Å². The third kappa shape index (κ3) is 4.80. The van der Waals surface area contributed by atoms with Gasteiger partial charge in [0, 0.05) is 36.7 Å². The van der Waals surface area contributed by atoms with Crippen molar-refractivity contribution in [3.05, 3.63) is 52.7 Å². The van der Waals surface area contributed by atoms with Crippen LogP contribution in [0.2, 0.25) is 0 Å². The van der Waals surface area contributed by atoms with Gasteiger partial charge in [0.15, 0.2) is 0 Å². The topological polar surface area (TPSA) is 75.6 Å². The fraction of sp³-hybridized carbons (Fsp3) is 0.500. The quantitative estimate of drug-likeness (QED) is 0.690. The number of aromatic nitrogens is 2. The van der Waals surface area contributed by atoms with E-state index in [0.29, 0.717) is 44.1 Å². The van der Waals surface area contributed by atoms with Gasteiger partial charge in [0.2, 0.25) is 11.8 Å². The van der Waals surface area contributed by atoms with Crippen LogP contribution in [0, 0.1) is 12.7 Å². The Morgan fingerprint density at radius 3 is 2.69 bits per heavy atom. The number of aryl methyl sites for hydroxylation is 1. The van der Waals surface area contributed by atoms with Gasteiger partial charge in [-0.1, -0.05) is 12.1 Å². The molecule has 170 valence electrons. The van der Waals surface area contributed by atoms with Crippen LogP contribution in [0.25, 0.3) is 0 Å². The molecule has 0 N–H and O–H groups in total. The van der Waals surface area contributed by atoms with Gasteiger partial charge < -0.3 is 9.64 Å². The Bertz CT molecular complexity index is 1010. The number of amides is 2. The Morgan fingerprint density at radius 1 is 1.22 bits per heavy atom. The summed E-state index contributed by atoms with van der Waals surface area (Å²) in [6.07, 6.45) is 1.80. The largest absolute Gasteiger partial charge is 0.369 e. The van der Waals surface area contributed by atoms with E-state index in [9.17, 15) is 14.0 Å². The SMILES string of the molecule is Cc1nc([C@H]2CCN(C(=O)COC(C)C)C2)nc2c1CCC(=O)N2Cc1ccc(F)cc1. The van der Waals surface area contributed by atoms with Gasteiger partial charge in [-0.15, -0.1) is 0 Å². The van der Waals surface area contributed by atoms with E-state index in [1.165, 1.54) is 12.1 Å². The minimum absolute atomic E-state index is 0.0000598. The highest BCUT2D eigenvalue weighted by atomic mass is 19.1. The Morgan fingerprint density at radius 2 is 1.97 bits per heavy atom. The number of ether oxygens (including phenoxy) is 1. The molecule has 0 saturated carbocycles. The maximum atomic E-state index is 13.3. The van der Waals surface area contributed by atoms with Crippen LogP contribution < -0.4 is 4.90 Å². The number of hydrogen-bond acceptors (Lipinski definition) is 5. The molecule has 7 nitrogen and oxygen atoms in total. The van der Waals surface area contributed by atoms with E-state index in [1.54, 1.807) is 21.9 Å². The minimum Gasteiger partial charge on any atom is -0.369 e. The summed E-state index contributed by atoms with van der Waals surface area (Å²) in [4.78, 5) is 38.2. The van der Waals surface area contributed by atoms with Crippen molar-refractivity contribution < 1.29 is 18.7 Å². The van der Waals surface area contributed by atoms with Crippen LogP contribution in [0.5, 0.6) is 0 Å². The van der Waals surface area contributed by atoms with Crippen LogP contribution in [0.15, 0.2) is 24.3 Å². The van der Waals surface area contributed by atoms with Crippen LogP contribution in [-0.2, 0) is 27.3 Å². The number of rotatable bonds is 6. The molecular weight excluding hydrogens is 411 g/mol. The fourth-order valence-corrected chi connectivity index (χ4v) is 4.25. The lowest BCUT2D eigenvalue weighted by Crippen LogP contribution is -2.36. The summed E-state index contributed by atoms with van der Waals surface area (Å²) in [6.45, 7) is 7.36. The summed E-state index contributed by atoms with van der Waals surface area (Å²) in [5, 5.41) is 0. The minimum atomic E-state index is -0.307. The maximum Gasteiger partial charge on any atom is 0.248 e. The van der Waals surface area contributed by atoms with Crippen molar-refractivity contribution in [3.8, 4) is 0 Å². The summed E-state index contributed by atoms with van der Waals surface area (Å²) < 4.78 is 18.7. The van der Waals surface area contributed by atoms with Gasteiger partial charge in [-0.2, -0.15) is 0 Å². The molecule has 2 aromatic rings. The highest BCUT2D eigenvalue weighted by Gasteiger charge is 2.33. The van der Waals surface area contributed by atoms with Crippen LogP contribution in [-0.4, -0.2) is 52.5 Å². The maximum absolute atomic E-state index is 13.3. The van der Waals surface area contributed by atoms with Crippen molar-refractivity contribution in [1.29, 1.82) is 0 Å². The van der Waals surface area contributed by atoms with E-state index in [4.69, 9.17) is 14.7 Å². The first-order chi connectivity index (χ1) is 15.3. The summed E-state index contributed by atoms with van der Waals surface area (Å²) in [7, 11) is 0. The molecule has 1 aromatic heterocycles. The van der Waals surface area contributed by atoms with Gasteiger partial charge in [0.1, 0.15) is 24.1 Å². The summed E-state index contributed by atoms with van der Waals surface area (Å²) in [5.74, 6) is 0.996. The Hall–Kier alpha value is -2.87. The Kier molecular flexibility index (Phi) is 6.50. The zero-order valence-corrected chi connectivity index (χ0v) is 18.8. The molecule has 2 amide bonds. The molecule has 1 saturated heterocycles. The normalized spacial score (nSPS) is 18.4. The molecule has 0 radical (unpaired) electrons. The number of benzene rings is 1. The zero-order valence-electron chi connectivity index (χ0n) is 18.8. The monoisotopic (exact) mass is 440 g/mol. The van der Waals surface area contributed by atoms with E-state index < -0.39 is 0 Å².